The summed E-state index contributed by atoms with van der Waals surface area (Å²) >= 11 is 0. The fourth-order valence-electron chi connectivity index (χ4n) is 2.12. The SMILES string of the molecule is Cc1cc2ccccc2nc1Nc1ccc(OC(F)(F)F)cn1. The summed E-state index contributed by atoms with van der Waals surface area (Å²) in [6.45, 7) is 1.89. The third kappa shape index (κ3) is 3.68. The fraction of sp³-hybridized carbons (Fsp3) is 0.125. The molecule has 0 saturated heterocycles. The molecule has 1 N–H and O–H groups in total. The second-order valence-electron chi connectivity index (χ2n) is 4.90. The van der Waals surface area contributed by atoms with Crippen LogP contribution in [-0.2, 0) is 0 Å². The molecule has 0 spiro atoms. The van der Waals surface area contributed by atoms with Crippen molar-refractivity contribution in [2.45, 2.75) is 13.3 Å². The van der Waals surface area contributed by atoms with Gasteiger partial charge in [0.15, 0.2) is 0 Å². The van der Waals surface area contributed by atoms with Gasteiger partial charge in [0, 0.05) is 5.39 Å². The van der Waals surface area contributed by atoms with Crippen molar-refractivity contribution in [2.24, 2.45) is 0 Å². The molecular weight excluding hydrogens is 307 g/mol. The number of fused-ring (bicyclic) bond motifs is 1. The third-order valence-electron chi connectivity index (χ3n) is 3.13. The summed E-state index contributed by atoms with van der Waals surface area (Å²) in [7, 11) is 0. The molecule has 0 aliphatic heterocycles. The van der Waals surface area contributed by atoms with Gasteiger partial charge in [-0.1, -0.05) is 18.2 Å². The average Bonchev–Trinajstić information content (AvgIpc) is 2.48. The molecule has 118 valence electrons. The zero-order valence-electron chi connectivity index (χ0n) is 12.1. The largest absolute Gasteiger partial charge is 0.573 e. The quantitative estimate of drug-likeness (QED) is 0.767. The molecule has 2 aromatic heterocycles. The summed E-state index contributed by atoms with van der Waals surface area (Å²) in [5.74, 6) is 0.609. The number of ether oxygens (including phenoxy) is 1. The molecule has 3 rings (SSSR count). The molecule has 0 saturated carbocycles. The first-order valence-electron chi connectivity index (χ1n) is 6.76. The Morgan fingerprint density at radius 3 is 2.57 bits per heavy atom. The van der Waals surface area contributed by atoms with Crippen LogP contribution in [0.15, 0.2) is 48.7 Å². The monoisotopic (exact) mass is 319 g/mol. The van der Waals surface area contributed by atoms with Crippen LogP contribution in [0.25, 0.3) is 10.9 Å². The zero-order valence-corrected chi connectivity index (χ0v) is 12.1. The van der Waals surface area contributed by atoms with E-state index in [9.17, 15) is 13.2 Å². The normalized spacial score (nSPS) is 11.5. The Bertz CT molecular complexity index is 832. The molecule has 0 fully saturated rings. The van der Waals surface area contributed by atoms with E-state index in [1.54, 1.807) is 0 Å². The summed E-state index contributed by atoms with van der Waals surface area (Å²) in [4.78, 5) is 8.39. The molecule has 23 heavy (non-hydrogen) atoms. The van der Waals surface area contributed by atoms with Gasteiger partial charge in [0.05, 0.1) is 11.7 Å². The second kappa shape index (κ2) is 5.75. The van der Waals surface area contributed by atoms with Crippen LogP contribution in [0, 0.1) is 6.92 Å². The smallest absolute Gasteiger partial charge is 0.404 e. The Kier molecular flexibility index (Phi) is 3.77. The summed E-state index contributed by atoms with van der Waals surface area (Å²) in [6.07, 6.45) is -3.72. The Morgan fingerprint density at radius 1 is 1.09 bits per heavy atom. The number of hydrogen-bond donors (Lipinski definition) is 1. The van der Waals surface area contributed by atoms with Crippen LogP contribution < -0.4 is 10.1 Å². The van der Waals surface area contributed by atoms with Crippen LogP contribution in [0.2, 0.25) is 0 Å². The summed E-state index contributed by atoms with van der Waals surface area (Å²) < 4.78 is 40.1. The number of anilines is 2. The Labute approximate surface area is 129 Å². The van der Waals surface area contributed by atoms with Crippen LogP contribution in [0.4, 0.5) is 24.8 Å². The first kappa shape index (κ1) is 15.1. The van der Waals surface area contributed by atoms with Crippen LogP contribution in [0.1, 0.15) is 5.56 Å². The first-order valence-corrected chi connectivity index (χ1v) is 6.76. The van der Waals surface area contributed by atoms with Crippen molar-refractivity contribution in [3.8, 4) is 5.75 Å². The van der Waals surface area contributed by atoms with E-state index in [1.165, 1.54) is 12.1 Å². The van der Waals surface area contributed by atoms with Crippen molar-refractivity contribution in [3.63, 3.8) is 0 Å². The van der Waals surface area contributed by atoms with Gasteiger partial charge in [-0.15, -0.1) is 13.2 Å². The molecule has 0 unspecified atom stereocenters. The number of alkyl halides is 3. The highest BCUT2D eigenvalue weighted by molar-refractivity contribution is 5.82. The molecule has 0 amide bonds. The predicted octanol–water partition coefficient (Wildman–Crippen LogP) is 4.58. The molecule has 0 radical (unpaired) electrons. The lowest BCUT2D eigenvalue weighted by atomic mass is 10.1. The molecule has 0 bridgehead atoms. The zero-order chi connectivity index (χ0) is 16.4. The minimum Gasteiger partial charge on any atom is -0.404 e. The van der Waals surface area contributed by atoms with E-state index < -0.39 is 6.36 Å². The minimum absolute atomic E-state index is 0.369. The van der Waals surface area contributed by atoms with Gasteiger partial charge in [0.1, 0.15) is 17.4 Å². The molecule has 7 heteroatoms. The van der Waals surface area contributed by atoms with Crippen molar-refractivity contribution < 1.29 is 17.9 Å². The maximum atomic E-state index is 12.1. The Balaban J connectivity index is 1.83. The van der Waals surface area contributed by atoms with Crippen molar-refractivity contribution >= 4 is 22.5 Å². The van der Waals surface area contributed by atoms with Crippen molar-refractivity contribution in [1.29, 1.82) is 0 Å². The van der Waals surface area contributed by atoms with Crippen LogP contribution in [-0.4, -0.2) is 16.3 Å². The molecule has 3 aromatic rings. The maximum absolute atomic E-state index is 12.1. The highest BCUT2D eigenvalue weighted by atomic mass is 19.4. The molecule has 0 aliphatic carbocycles. The fourth-order valence-corrected chi connectivity index (χ4v) is 2.12. The van der Waals surface area contributed by atoms with Crippen LogP contribution in [0.5, 0.6) is 5.75 Å². The number of aryl methyl sites for hydroxylation is 1. The van der Waals surface area contributed by atoms with Crippen LogP contribution in [0.3, 0.4) is 0 Å². The Hall–Kier alpha value is -2.83. The first-order chi connectivity index (χ1) is 10.9. The number of benzene rings is 1. The number of para-hydroxylation sites is 1. The lowest BCUT2D eigenvalue weighted by molar-refractivity contribution is -0.274. The number of pyridine rings is 2. The van der Waals surface area contributed by atoms with Gasteiger partial charge in [-0.2, -0.15) is 0 Å². The summed E-state index contributed by atoms with van der Waals surface area (Å²) in [5, 5.41) is 4.01. The Morgan fingerprint density at radius 2 is 1.87 bits per heavy atom. The van der Waals surface area contributed by atoms with E-state index in [0.29, 0.717) is 11.6 Å². The molecule has 2 heterocycles. The second-order valence-corrected chi connectivity index (χ2v) is 4.90. The molecule has 4 nitrogen and oxygen atoms in total. The third-order valence-corrected chi connectivity index (χ3v) is 3.13. The highest BCUT2D eigenvalue weighted by Gasteiger charge is 2.31. The van der Waals surface area contributed by atoms with Crippen LogP contribution >= 0.6 is 0 Å². The molecule has 0 atom stereocenters. The molecule has 1 aromatic carbocycles. The van der Waals surface area contributed by atoms with Gasteiger partial charge < -0.3 is 10.1 Å². The number of hydrogen-bond acceptors (Lipinski definition) is 4. The van der Waals surface area contributed by atoms with Crippen molar-refractivity contribution in [1.82, 2.24) is 9.97 Å². The van der Waals surface area contributed by atoms with Gasteiger partial charge >= 0.3 is 6.36 Å². The minimum atomic E-state index is -4.73. The highest BCUT2D eigenvalue weighted by Crippen LogP contribution is 2.25. The van der Waals surface area contributed by atoms with Gasteiger partial charge in [-0.25, -0.2) is 9.97 Å². The van der Waals surface area contributed by atoms with Crippen molar-refractivity contribution in [2.75, 3.05) is 5.32 Å². The average molecular weight is 319 g/mol. The van der Waals surface area contributed by atoms with Gasteiger partial charge in [-0.05, 0) is 36.8 Å². The standard InChI is InChI=1S/C16H12F3N3O/c1-10-8-11-4-2-3-5-13(11)21-15(10)22-14-7-6-12(9-20-14)23-16(17,18)19/h2-9H,1H3,(H,20,21,22). The number of rotatable bonds is 3. The lowest BCUT2D eigenvalue weighted by Crippen LogP contribution is -2.17. The number of aromatic nitrogens is 2. The van der Waals surface area contributed by atoms with E-state index >= 15 is 0 Å². The van der Waals surface area contributed by atoms with E-state index in [1.807, 2.05) is 37.3 Å². The van der Waals surface area contributed by atoms with E-state index in [4.69, 9.17) is 0 Å². The van der Waals surface area contributed by atoms with E-state index in [-0.39, 0.29) is 5.75 Å². The lowest BCUT2D eigenvalue weighted by Gasteiger charge is -2.11. The van der Waals surface area contributed by atoms with Gasteiger partial charge in [-0.3, -0.25) is 0 Å². The summed E-state index contributed by atoms with van der Waals surface area (Å²) in [5.41, 5.74) is 1.72. The topological polar surface area (TPSA) is 47.0 Å². The number of nitrogens with one attached hydrogen (secondary N) is 1. The van der Waals surface area contributed by atoms with E-state index in [2.05, 4.69) is 20.0 Å². The number of halogens is 3. The van der Waals surface area contributed by atoms with Gasteiger partial charge in [0.25, 0.3) is 0 Å². The predicted molar refractivity (Wildman–Crippen MR) is 80.7 cm³/mol. The molecular formula is C16H12F3N3O. The van der Waals surface area contributed by atoms with Crippen molar-refractivity contribution in [3.05, 3.63) is 54.2 Å². The molecule has 0 aliphatic rings. The van der Waals surface area contributed by atoms with Gasteiger partial charge in [0.2, 0.25) is 0 Å². The van der Waals surface area contributed by atoms with E-state index in [0.717, 1.165) is 22.7 Å². The number of nitrogens with zero attached hydrogens (tertiary/aromatic N) is 2. The maximum Gasteiger partial charge on any atom is 0.573 e. The summed E-state index contributed by atoms with van der Waals surface area (Å²) in [6, 6.07) is 12.2.